The van der Waals surface area contributed by atoms with Crippen molar-refractivity contribution in [3.63, 3.8) is 0 Å². The van der Waals surface area contributed by atoms with Gasteiger partial charge in [0, 0.05) is 43.3 Å². The molecule has 2 aromatic carbocycles. The molecule has 0 spiro atoms. The zero-order valence-electron chi connectivity index (χ0n) is 19.7. The third kappa shape index (κ3) is 5.10. The molecule has 0 unspecified atom stereocenters. The molecule has 1 aliphatic heterocycles. The van der Waals surface area contributed by atoms with Gasteiger partial charge < -0.3 is 23.8 Å². The van der Waals surface area contributed by atoms with Gasteiger partial charge in [0.25, 0.3) is 0 Å². The molecule has 32 heavy (non-hydrogen) atoms. The van der Waals surface area contributed by atoms with Gasteiger partial charge in [0.1, 0.15) is 5.75 Å². The Labute approximate surface area is 190 Å². The van der Waals surface area contributed by atoms with Crippen LogP contribution in [-0.4, -0.2) is 58.4 Å². The Morgan fingerprint density at radius 2 is 1.56 bits per heavy atom. The number of ether oxygens (including phenoxy) is 4. The molecule has 1 saturated heterocycles. The predicted octanol–water partition coefficient (Wildman–Crippen LogP) is 4.13. The monoisotopic (exact) mass is 442 g/mol. The highest BCUT2D eigenvalue weighted by Crippen LogP contribution is 2.40. The van der Waals surface area contributed by atoms with E-state index in [9.17, 15) is 4.79 Å². The summed E-state index contributed by atoms with van der Waals surface area (Å²) in [6, 6.07) is 11.9. The van der Waals surface area contributed by atoms with Gasteiger partial charge in [-0.15, -0.1) is 0 Å². The Morgan fingerprint density at radius 3 is 2.09 bits per heavy atom. The molecule has 3 rings (SSSR count). The number of hydrogen-bond acceptors (Lipinski definition) is 6. The standard InChI is InChI=1S/C25H34N2O5/c1-6-23(28)27(19-8-10-21(29-2)11-9-19)20-13-15-26(16-14-20)17-18-7-12-22(30-3)25(32-5)24(18)31-4/h7-12,20H,6,13-17H2,1-5H3. The molecule has 0 saturated carbocycles. The molecule has 2 aromatic rings. The lowest BCUT2D eigenvalue weighted by atomic mass is 10.0. The van der Waals surface area contributed by atoms with E-state index in [4.69, 9.17) is 18.9 Å². The van der Waals surface area contributed by atoms with Crippen LogP contribution in [0.25, 0.3) is 0 Å². The Bertz CT molecular complexity index is 892. The third-order valence-corrected chi connectivity index (χ3v) is 6.02. The fourth-order valence-corrected chi connectivity index (χ4v) is 4.34. The maximum Gasteiger partial charge on any atom is 0.226 e. The minimum absolute atomic E-state index is 0.148. The molecule has 174 valence electrons. The molecule has 0 bridgehead atoms. The first-order chi connectivity index (χ1) is 15.6. The van der Waals surface area contributed by atoms with Crippen molar-refractivity contribution < 1.29 is 23.7 Å². The van der Waals surface area contributed by atoms with Gasteiger partial charge in [-0.1, -0.05) is 13.0 Å². The molecule has 1 aliphatic rings. The van der Waals surface area contributed by atoms with E-state index in [1.807, 2.05) is 48.2 Å². The number of nitrogens with zero attached hydrogens (tertiary/aromatic N) is 2. The zero-order valence-corrected chi connectivity index (χ0v) is 19.7. The van der Waals surface area contributed by atoms with Crippen molar-refractivity contribution in [2.24, 2.45) is 0 Å². The topological polar surface area (TPSA) is 60.5 Å². The highest BCUT2D eigenvalue weighted by molar-refractivity contribution is 5.93. The Morgan fingerprint density at radius 1 is 0.906 bits per heavy atom. The van der Waals surface area contributed by atoms with Gasteiger partial charge in [0.2, 0.25) is 11.7 Å². The van der Waals surface area contributed by atoms with Crippen molar-refractivity contribution in [2.45, 2.75) is 38.8 Å². The lowest BCUT2D eigenvalue weighted by Crippen LogP contribution is -2.47. The fourth-order valence-electron chi connectivity index (χ4n) is 4.34. The molecule has 0 N–H and O–H groups in total. The molecule has 0 aliphatic carbocycles. The van der Waals surface area contributed by atoms with Crippen LogP contribution in [-0.2, 0) is 11.3 Å². The number of benzene rings is 2. The van der Waals surface area contributed by atoms with Crippen LogP contribution in [0.2, 0.25) is 0 Å². The van der Waals surface area contributed by atoms with Crippen LogP contribution in [0.3, 0.4) is 0 Å². The van der Waals surface area contributed by atoms with Crippen LogP contribution in [0.15, 0.2) is 36.4 Å². The fraction of sp³-hybridized carbons (Fsp3) is 0.480. The van der Waals surface area contributed by atoms with Gasteiger partial charge in [-0.2, -0.15) is 0 Å². The van der Waals surface area contributed by atoms with Gasteiger partial charge in [-0.25, -0.2) is 0 Å². The number of piperidine rings is 1. The lowest BCUT2D eigenvalue weighted by molar-refractivity contribution is -0.119. The van der Waals surface area contributed by atoms with E-state index in [1.54, 1.807) is 28.4 Å². The maximum absolute atomic E-state index is 12.8. The van der Waals surface area contributed by atoms with Gasteiger partial charge in [0.15, 0.2) is 11.5 Å². The van der Waals surface area contributed by atoms with Crippen molar-refractivity contribution in [3.05, 3.63) is 42.0 Å². The number of likely N-dealkylation sites (tertiary alicyclic amines) is 1. The molecule has 7 heteroatoms. The van der Waals surface area contributed by atoms with Crippen LogP contribution in [0.4, 0.5) is 5.69 Å². The smallest absolute Gasteiger partial charge is 0.226 e. The number of carbonyl (C=O) groups excluding carboxylic acids is 1. The first-order valence-electron chi connectivity index (χ1n) is 11.0. The largest absolute Gasteiger partial charge is 0.497 e. The average Bonchev–Trinajstić information content (AvgIpc) is 2.85. The lowest BCUT2D eigenvalue weighted by Gasteiger charge is -2.38. The summed E-state index contributed by atoms with van der Waals surface area (Å²) >= 11 is 0. The van der Waals surface area contributed by atoms with Crippen molar-refractivity contribution >= 4 is 11.6 Å². The summed E-state index contributed by atoms with van der Waals surface area (Å²) in [7, 11) is 6.53. The van der Waals surface area contributed by atoms with Gasteiger partial charge in [-0.3, -0.25) is 9.69 Å². The van der Waals surface area contributed by atoms with Crippen LogP contribution in [0, 0.1) is 0 Å². The van der Waals surface area contributed by atoms with Crippen molar-refractivity contribution in [1.82, 2.24) is 4.90 Å². The second-order valence-electron chi connectivity index (χ2n) is 7.82. The van der Waals surface area contributed by atoms with Crippen LogP contribution in [0.1, 0.15) is 31.7 Å². The summed E-state index contributed by atoms with van der Waals surface area (Å²) < 4.78 is 21.8. The molecule has 0 radical (unpaired) electrons. The van der Waals surface area contributed by atoms with E-state index in [2.05, 4.69) is 4.90 Å². The van der Waals surface area contributed by atoms with E-state index in [1.165, 1.54) is 0 Å². The predicted molar refractivity (Wildman–Crippen MR) is 125 cm³/mol. The summed E-state index contributed by atoms with van der Waals surface area (Å²) in [4.78, 5) is 17.1. The van der Waals surface area contributed by atoms with E-state index >= 15 is 0 Å². The molecule has 1 fully saturated rings. The Kier molecular flexibility index (Phi) is 8.22. The highest BCUT2D eigenvalue weighted by atomic mass is 16.5. The average molecular weight is 443 g/mol. The SMILES string of the molecule is CCC(=O)N(c1ccc(OC)cc1)C1CCN(Cc2ccc(OC)c(OC)c2OC)CC1. The van der Waals surface area contributed by atoms with Crippen LogP contribution in [0.5, 0.6) is 23.0 Å². The van der Waals surface area contributed by atoms with Crippen LogP contribution >= 0.6 is 0 Å². The van der Waals surface area contributed by atoms with E-state index in [0.29, 0.717) is 23.7 Å². The summed E-state index contributed by atoms with van der Waals surface area (Å²) in [5, 5.41) is 0. The van der Waals surface area contributed by atoms with Crippen LogP contribution < -0.4 is 23.8 Å². The molecule has 1 heterocycles. The number of carbonyl (C=O) groups is 1. The highest BCUT2D eigenvalue weighted by Gasteiger charge is 2.29. The quantitative estimate of drug-likeness (QED) is 0.582. The zero-order chi connectivity index (χ0) is 23.1. The number of rotatable bonds is 9. The van der Waals surface area contributed by atoms with Gasteiger partial charge >= 0.3 is 0 Å². The number of hydrogen-bond donors (Lipinski definition) is 0. The minimum atomic E-state index is 0.148. The Balaban J connectivity index is 1.71. The normalized spacial score (nSPS) is 14.7. The second kappa shape index (κ2) is 11.1. The molecule has 7 nitrogen and oxygen atoms in total. The van der Waals surface area contributed by atoms with Gasteiger partial charge in [-0.05, 0) is 43.2 Å². The van der Waals surface area contributed by atoms with Gasteiger partial charge in [0.05, 0.1) is 28.4 Å². The third-order valence-electron chi connectivity index (χ3n) is 6.02. The summed E-state index contributed by atoms with van der Waals surface area (Å²) in [5.41, 5.74) is 1.98. The molecule has 0 aromatic heterocycles. The van der Waals surface area contributed by atoms with Crippen molar-refractivity contribution in [1.29, 1.82) is 0 Å². The van der Waals surface area contributed by atoms with E-state index in [0.717, 1.165) is 49.5 Å². The van der Waals surface area contributed by atoms with E-state index in [-0.39, 0.29) is 11.9 Å². The van der Waals surface area contributed by atoms with Crippen molar-refractivity contribution in [2.75, 3.05) is 46.4 Å². The molecule has 0 atom stereocenters. The number of amides is 1. The second-order valence-corrected chi connectivity index (χ2v) is 7.82. The Hall–Kier alpha value is -2.93. The molecular weight excluding hydrogens is 408 g/mol. The summed E-state index contributed by atoms with van der Waals surface area (Å²) in [6.07, 6.45) is 2.30. The van der Waals surface area contributed by atoms with E-state index < -0.39 is 0 Å². The molecular formula is C25H34N2O5. The summed E-state index contributed by atoms with van der Waals surface area (Å²) in [5.74, 6) is 2.91. The first-order valence-corrected chi connectivity index (χ1v) is 11.0. The maximum atomic E-state index is 12.8. The number of anilines is 1. The first kappa shape index (κ1) is 23.7. The number of methoxy groups -OCH3 is 4. The summed E-state index contributed by atoms with van der Waals surface area (Å²) in [6.45, 7) is 4.45. The van der Waals surface area contributed by atoms with Crippen molar-refractivity contribution in [3.8, 4) is 23.0 Å². The minimum Gasteiger partial charge on any atom is -0.497 e. The molecule has 1 amide bonds.